The van der Waals surface area contributed by atoms with E-state index < -0.39 is 0 Å². The third kappa shape index (κ3) is 9.56. The summed E-state index contributed by atoms with van der Waals surface area (Å²) >= 11 is 0. The van der Waals surface area contributed by atoms with Crippen molar-refractivity contribution in [2.75, 3.05) is 0 Å². The van der Waals surface area contributed by atoms with E-state index in [-0.39, 0.29) is 16.5 Å². The minimum Gasteiger partial charge on any atom is -0.493 e. The van der Waals surface area contributed by atoms with E-state index in [4.69, 9.17) is 0 Å². The van der Waals surface area contributed by atoms with Crippen molar-refractivity contribution in [2.24, 2.45) is 0 Å². The zero-order valence-corrected chi connectivity index (χ0v) is 26.1. The molecule has 0 amide bonds. The molecule has 1 aliphatic heterocycles. The molecule has 39 heavy (non-hydrogen) atoms. The Kier molecular flexibility index (Phi) is 15.7. The smallest absolute Gasteiger partial charge is 0.211 e. The molecule has 1 aliphatic rings. The Labute approximate surface area is 249 Å². The van der Waals surface area contributed by atoms with E-state index in [1.807, 2.05) is 0 Å². The molecule has 3 heteroatoms. The number of allylic oxidation sites excluding steroid dienone is 2. The van der Waals surface area contributed by atoms with Crippen molar-refractivity contribution in [3.63, 3.8) is 0 Å². The van der Waals surface area contributed by atoms with E-state index in [9.17, 15) is 5.53 Å². The summed E-state index contributed by atoms with van der Waals surface area (Å²) in [7, 11) is 0. The second-order valence-electron chi connectivity index (χ2n) is 11.2. The Morgan fingerprint density at radius 1 is 0.462 bits per heavy atom. The molecule has 0 atom stereocenters. The second-order valence-corrected chi connectivity index (χ2v) is 11.2. The van der Waals surface area contributed by atoms with E-state index in [0.717, 1.165) is 61.0 Å². The van der Waals surface area contributed by atoms with Crippen LogP contribution in [0.1, 0.15) is 140 Å². The van der Waals surface area contributed by atoms with Crippen LogP contribution in [0.3, 0.4) is 0 Å². The van der Waals surface area contributed by atoms with Crippen LogP contribution in [0.5, 0.6) is 0 Å². The number of nitrogens with zero attached hydrogens (tertiary/aromatic N) is 2. The molecular formula is C36H52N2Ni. The van der Waals surface area contributed by atoms with Gasteiger partial charge in [-0.2, -0.15) is 0 Å². The summed E-state index contributed by atoms with van der Waals surface area (Å²) in [6.07, 6.45) is 19.2. The number of aryl methyl sites for hydroxylation is 2. The zero-order chi connectivity index (χ0) is 27.2. The molecule has 0 saturated carbocycles. The Bertz CT molecular complexity index is 1060. The molecule has 0 fully saturated rings. The average Bonchev–Trinajstić information content (AvgIpc) is 3.22. The van der Waals surface area contributed by atoms with Gasteiger partial charge in [-0.3, -0.25) is 0 Å². The first kappa shape index (κ1) is 33.2. The number of hydrogen-bond donors (Lipinski definition) is 0. The maximum absolute atomic E-state index is 11.8. The fourth-order valence-corrected chi connectivity index (χ4v) is 5.64. The molecule has 2 aromatic rings. The molecule has 0 aromatic heterocycles. The predicted octanol–water partition coefficient (Wildman–Crippen LogP) is 11.5. The molecule has 0 spiro atoms. The number of unbranched alkanes of at least 4 members (excludes halogenated alkanes) is 8. The third-order valence-electron chi connectivity index (χ3n) is 8.01. The Morgan fingerprint density at radius 2 is 0.821 bits per heavy atom. The first-order chi connectivity index (χ1) is 18.6. The molecule has 0 N–H and O–H groups in total. The van der Waals surface area contributed by atoms with Crippen LogP contribution in [0, 0.1) is 0 Å². The van der Waals surface area contributed by atoms with Gasteiger partial charge < -0.3 is 5.53 Å². The summed E-state index contributed by atoms with van der Waals surface area (Å²) in [4.78, 5) is 0. The Morgan fingerprint density at radius 3 is 1.26 bits per heavy atom. The summed E-state index contributed by atoms with van der Waals surface area (Å²) in [5.41, 5.74) is 21.6. The van der Waals surface area contributed by atoms with Gasteiger partial charge in [0, 0.05) is 38.8 Å². The number of rotatable bonds is 18. The third-order valence-corrected chi connectivity index (χ3v) is 8.01. The van der Waals surface area contributed by atoms with Crippen LogP contribution in [0.15, 0.2) is 59.7 Å². The van der Waals surface area contributed by atoms with Crippen LogP contribution >= 0.6 is 0 Å². The van der Waals surface area contributed by atoms with Gasteiger partial charge in [0.25, 0.3) is 0 Å². The van der Waals surface area contributed by atoms with Gasteiger partial charge in [0.1, 0.15) is 0 Å². The van der Waals surface area contributed by atoms with Gasteiger partial charge in [0.15, 0.2) is 0 Å². The van der Waals surface area contributed by atoms with Crippen molar-refractivity contribution in [3.8, 4) is 0 Å². The van der Waals surface area contributed by atoms with Gasteiger partial charge in [-0.25, -0.2) is 4.70 Å². The molecule has 0 saturated heterocycles. The van der Waals surface area contributed by atoms with Gasteiger partial charge in [0.2, 0.25) is 11.4 Å². The fourth-order valence-electron chi connectivity index (χ4n) is 5.64. The monoisotopic (exact) mass is 570 g/mol. The zero-order valence-electron chi connectivity index (χ0n) is 25.1. The standard InChI is InChI=1S/C36H52N2.Ni/c1-5-9-13-14-15-16-20-34-33(19-12-8-4)35(31-25-21-29(22-26-31)17-10-6-2)38(37)36(34)32-27-23-30(24-28-32)18-11-7-3;/h21-28H,5-20H2,1-4H3;. The van der Waals surface area contributed by atoms with Crippen LogP contribution in [0.2, 0.25) is 0 Å². The Balaban J connectivity index is 0.00000533. The van der Waals surface area contributed by atoms with E-state index in [1.165, 1.54) is 86.5 Å². The van der Waals surface area contributed by atoms with Crippen molar-refractivity contribution >= 4 is 11.4 Å². The van der Waals surface area contributed by atoms with Gasteiger partial charge in [-0.05, 0) is 86.8 Å². The van der Waals surface area contributed by atoms with Gasteiger partial charge in [-0.1, -0.05) is 103 Å². The minimum absolute atomic E-state index is 0. The summed E-state index contributed by atoms with van der Waals surface area (Å²) in [6.45, 7) is 9.04. The van der Waals surface area contributed by atoms with Crippen LogP contribution in [0.4, 0.5) is 0 Å². The van der Waals surface area contributed by atoms with Crippen LogP contribution in [0.25, 0.3) is 16.9 Å². The van der Waals surface area contributed by atoms with Crippen molar-refractivity contribution < 1.29 is 21.2 Å². The summed E-state index contributed by atoms with van der Waals surface area (Å²) in [6, 6.07) is 18.0. The molecule has 3 rings (SSSR count). The van der Waals surface area contributed by atoms with Gasteiger partial charge >= 0.3 is 0 Å². The van der Waals surface area contributed by atoms with Gasteiger partial charge in [-0.15, -0.1) is 0 Å². The SMILES string of the molecule is CCCCCCCCC1=C(c2ccc(CCCC)cc2)[N+](=[N-])C(c2ccc(CCCC)cc2)=C1CCCC.[Ni]. The van der Waals surface area contributed by atoms with Crippen molar-refractivity contribution in [2.45, 2.75) is 130 Å². The Hall–Kier alpha value is -1.99. The van der Waals surface area contributed by atoms with E-state index in [1.54, 1.807) is 4.70 Å². The van der Waals surface area contributed by atoms with Crippen LogP contribution in [-0.4, -0.2) is 4.70 Å². The maximum atomic E-state index is 11.8. The van der Waals surface area contributed by atoms with Crippen LogP contribution < -0.4 is 0 Å². The second kappa shape index (κ2) is 18.4. The van der Waals surface area contributed by atoms with Crippen molar-refractivity contribution in [3.05, 3.63) is 87.5 Å². The molecule has 0 aliphatic carbocycles. The van der Waals surface area contributed by atoms with E-state index in [2.05, 4.69) is 76.2 Å². The maximum Gasteiger partial charge on any atom is 0.211 e. The number of benzene rings is 2. The van der Waals surface area contributed by atoms with Crippen LogP contribution in [-0.2, 0) is 29.3 Å². The molecule has 0 bridgehead atoms. The van der Waals surface area contributed by atoms with Crippen molar-refractivity contribution in [1.82, 2.24) is 0 Å². The molecular weight excluding hydrogens is 519 g/mol. The molecule has 2 aromatic carbocycles. The first-order valence-electron chi connectivity index (χ1n) is 15.8. The van der Waals surface area contributed by atoms with Crippen molar-refractivity contribution in [1.29, 1.82) is 0 Å². The fraction of sp³-hybridized carbons (Fsp3) is 0.556. The molecule has 1 heterocycles. The minimum atomic E-state index is 0. The summed E-state index contributed by atoms with van der Waals surface area (Å²) in [5.74, 6) is 0. The van der Waals surface area contributed by atoms with E-state index in [0.29, 0.717) is 0 Å². The molecule has 2 nitrogen and oxygen atoms in total. The number of hydrogen-bond acceptors (Lipinski definition) is 0. The largest absolute Gasteiger partial charge is 0.493 e. The first-order valence-corrected chi connectivity index (χ1v) is 15.8. The quantitative estimate of drug-likeness (QED) is 0.0966. The normalized spacial score (nSPS) is 13.4. The van der Waals surface area contributed by atoms with E-state index >= 15 is 0 Å². The molecule has 216 valence electrons. The molecule has 0 radical (unpaired) electrons. The molecule has 0 unspecified atom stereocenters. The predicted molar refractivity (Wildman–Crippen MR) is 165 cm³/mol. The topological polar surface area (TPSA) is 25.3 Å². The summed E-state index contributed by atoms with van der Waals surface area (Å²) < 4.78 is 1.54. The van der Waals surface area contributed by atoms with Gasteiger partial charge in [0.05, 0.1) is 0 Å². The average molecular weight is 572 g/mol. The summed E-state index contributed by atoms with van der Waals surface area (Å²) in [5, 5.41) is 0.